The number of anilines is 1. The molecule has 0 radical (unpaired) electrons. The van der Waals surface area contributed by atoms with Gasteiger partial charge in [0.25, 0.3) is 5.91 Å². The van der Waals surface area contributed by atoms with Gasteiger partial charge in [-0.3, -0.25) is 9.48 Å². The van der Waals surface area contributed by atoms with Gasteiger partial charge in [-0.2, -0.15) is 5.10 Å². The molecule has 11 heteroatoms. The van der Waals surface area contributed by atoms with Gasteiger partial charge in [0.1, 0.15) is 29.6 Å². The lowest BCUT2D eigenvalue weighted by Crippen LogP contribution is -2.34. The Balaban J connectivity index is 1.48. The van der Waals surface area contributed by atoms with E-state index in [2.05, 4.69) is 15.1 Å². The molecule has 38 heavy (non-hydrogen) atoms. The minimum Gasteiger partial charge on any atom is -0.490 e. The van der Waals surface area contributed by atoms with E-state index in [1.807, 2.05) is 42.8 Å². The number of benzene rings is 1. The van der Waals surface area contributed by atoms with Gasteiger partial charge < -0.3 is 24.5 Å². The lowest BCUT2D eigenvalue weighted by Gasteiger charge is -2.24. The molecule has 0 bridgehead atoms. The van der Waals surface area contributed by atoms with Crippen LogP contribution in [0.5, 0.6) is 5.75 Å². The molecule has 0 aliphatic carbocycles. The zero-order valence-electron chi connectivity index (χ0n) is 21.8. The maximum atomic E-state index is 15.3. The van der Waals surface area contributed by atoms with E-state index in [0.29, 0.717) is 53.0 Å². The first-order chi connectivity index (χ1) is 18.2. The molecule has 4 heterocycles. The van der Waals surface area contributed by atoms with Crippen molar-refractivity contribution in [3.63, 3.8) is 0 Å². The number of hydrogen-bond donors (Lipinski definition) is 1. The van der Waals surface area contributed by atoms with Gasteiger partial charge >= 0.3 is 0 Å². The zero-order chi connectivity index (χ0) is 27.0. The number of rotatable bonds is 9. The summed E-state index contributed by atoms with van der Waals surface area (Å²) >= 11 is 0. The molecular formula is C27H30FN7O3. The molecule has 0 saturated heterocycles. The molecular weight excluding hydrogens is 489 g/mol. The fraction of sp³-hybridized carbons (Fsp3) is 0.333. The average Bonchev–Trinajstić information content (AvgIpc) is 3.46. The van der Waals surface area contributed by atoms with Gasteiger partial charge in [-0.1, -0.05) is 13.8 Å². The standard InChI is InChI=1S/C27H30FN7O3/c1-16(2)12-35(14-17-13-34-15-18(38-8-7-37-4)5-6-24(34)31-17)27(36)19-9-20-23(10-22(19)28)32-26(29)21-11-30-33(3)25(20)21/h5-6,9-11,13,15-16H,7-8,12,14H2,1-4H3,(H2,29,32). The highest BCUT2D eigenvalue weighted by atomic mass is 19.1. The maximum Gasteiger partial charge on any atom is 0.257 e. The molecule has 0 unspecified atom stereocenters. The molecule has 10 nitrogen and oxygen atoms in total. The van der Waals surface area contributed by atoms with Crippen LogP contribution in [0.2, 0.25) is 0 Å². The highest BCUT2D eigenvalue weighted by Crippen LogP contribution is 2.30. The Morgan fingerprint density at radius 3 is 2.74 bits per heavy atom. The second-order valence-electron chi connectivity index (χ2n) is 9.66. The van der Waals surface area contributed by atoms with Crippen LogP contribution >= 0.6 is 0 Å². The highest BCUT2D eigenvalue weighted by molar-refractivity contribution is 6.10. The minimum absolute atomic E-state index is 0.0372. The molecule has 0 aliphatic heterocycles. The Hall–Kier alpha value is -4.25. The molecule has 1 aromatic carbocycles. The number of hydrogen-bond acceptors (Lipinski definition) is 7. The molecule has 4 aromatic heterocycles. The first kappa shape index (κ1) is 25.4. The van der Waals surface area contributed by atoms with Crippen molar-refractivity contribution >= 4 is 39.2 Å². The van der Waals surface area contributed by atoms with Crippen LogP contribution in [0, 0.1) is 11.7 Å². The third-order valence-electron chi connectivity index (χ3n) is 6.28. The normalized spacial score (nSPS) is 11.7. The number of amides is 1. The molecule has 5 rings (SSSR count). The smallest absolute Gasteiger partial charge is 0.257 e. The van der Waals surface area contributed by atoms with Crippen LogP contribution < -0.4 is 10.5 Å². The van der Waals surface area contributed by atoms with E-state index < -0.39 is 11.7 Å². The van der Waals surface area contributed by atoms with Gasteiger partial charge in [0.2, 0.25) is 0 Å². The van der Waals surface area contributed by atoms with Gasteiger partial charge in [-0.25, -0.2) is 14.4 Å². The number of nitrogen functional groups attached to an aromatic ring is 1. The third-order valence-corrected chi connectivity index (χ3v) is 6.28. The van der Waals surface area contributed by atoms with Gasteiger partial charge in [-0.05, 0) is 24.1 Å². The van der Waals surface area contributed by atoms with Crippen LogP contribution in [0.4, 0.5) is 10.2 Å². The topological polar surface area (TPSA) is 113 Å². The number of nitrogens with zero attached hydrogens (tertiary/aromatic N) is 6. The van der Waals surface area contributed by atoms with E-state index in [0.717, 1.165) is 5.65 Å². The molecule has 0 fully saturated rings. The summed E-state index contributed by atoms with van der Waals surface area (Å²) in [7, 11) is 3.39. The summed E-state index contributed by atoms with van der Waals surface area (Å²) < 4.78 is 29.5. The number of imidazole rings is 1. The van der Waals surface area contributed by atoms with E-state index in [-0.39, 0.29) is 23.8 Å². The number of halogens is 1. The fourth-order valence-corrected chi connectivity index (χ4v) is 4.60. The predicted octanol–water partition coefficient (Wildman–Crippen LogP) is 3.81. The summed E-state index contributed by atoms with van der Waals surface area (Å²) in [4.78, 5) is 24.4. The van der Waals surface area contributed by atoms with Crippen molar-refractivity contribution in [2.45, 2.75) is 20.4 Å². The van der Waals surface area contributed by atoms with E-state index in [1.165, 1.54) is 6.07 Å². The van der Waals surface area contributed by atoms with Crippen LogP contribution in [0.1, 0.15) is 29.9 Å². The fourth-order valence-electron chi connectivity index (χ4n) is 4.60. The summed E-state index contributed by atoms with van der Waals surface area (Å²) in [6.07, 6.45) is 5.29. The number of ether oxygens (including phenoxy) is 2. The monoisotopic (exact) mass is 519 g/mol. The Labute approximate surface area is 218 Å². The predicted molar refractivity (Wildman–Crippen MR) is 143 cm³/mol. The van der Waals surface area contributed by atoms with E-state index >= 15 is 4.39 Å². The molecule has 198 valence electrons. The van der Waals surface area contributed by atoms with Crippen LogP contribution in [0.3, 0.4) is 0 Å². The first-order valence-electron chi connectivity index (χ1n) is 12.3. The number of carbonyl (C=O) groups is 1. The highest BCUT2D eigenvalue weighted by Gasteiger charge is 2.24. The summed E-state index contributed by atoms with van der Waals surface area (Å²) in [5.74, 6) is 0.0242. The second-order valence-corrected chi connectivity index (χ2v) is 9.66. The Kier molecular flexibility index (Phi) is 6.85. The second kappa shape index (κ2) is 10.3. The summed E-state index contributed by atoms with van der Waals surface area (Å²) in [6.45, 7) is 5.59. The largest absolute Gasteiger partial charge is 0.490 e. The number of nitrogens with two attached hydrogens (primary N) is 1. The van der Waals surface area contributed by atoms with E-state index in [1.54, 1.807) is 36.0 Å². The Morgan fingerprint density at radius 2 is 1.97 bits per heavy atom. The van der Waals surface area contributed by atoms with Gasteiger partial charge in [0.05, 0.1) is 53.2 Å². The van der Waals surface area contributed by atoms with Crippen LogP contribution in [0.25, 0.3) is 27.5 Å². The summed E-state index contributed by atoms with van der Waals surface area (Å²) in [5, 5.41) is 5.52. The van der Waals surface area contributed by atoms with Crippen LogP contribution in [-0.2, 0) is 18.3 Å². The number of pyridine rings is 2. The number of fused-ring (bicyclic) bond motifs is 4. The lowest BCUT2D eigenvalue weighted by molar-refractivity contribution is 0.0716. The minimum atomic E-state index is -0.655. The zero-order valence-corrected chi connectivity index (χ0v) is 21.8. The van der Waals surface area contributed by atoms with Crippen molar-refractivity contribution in [1.29, 1.82) is 0 Å². The van der Waals surface area contributed by atoms with Crippen molar-refractivity contribution in [1.82, 2.24) is 29.0 Å². The third kappa shape index (κ3) is 4.84. The number of methoxy groups -OCH3 is 1. The van der Waals surface area contributed by atoms with Crippen molar-refractivity contribution in [2.75, 3.05) is 32.6 Å². The van der Waals surface area contributed by atoms with Crippen molar-refractivity contribution in [3.8, 4) is 5.75 Å². The summed E-state index contributed by atoms with van der Waals surface area (Å²) in [6, 6.07) is 6.49. The molecule has 5 aromatic rings. The van der Waals surface area contributed by atoms with Crippen LogP contribution in [0.15, 0.2) is 42.9 Å². The summed E-state index contributed by atoms with van der Waals surface area (Å²) in [5.41, 5.74) is 8.48. The number of aromatic nitrogens is 5. The molecule has 2 N–H and O–H groups in total. The van der Waals surface area contributed by atoms with Gasteiger partial charge in [0.15, 0.2) is 0 Å². The van der Waals surface area contributed by atoms with Crippen molar-refractivity contribution < 1.29 is 18.7 Å². The SMILES string of the molecule is COCCOc1ccc2nc(CN(CC(C)C)C(=O)c3cc4c(cc3F)nc(N)c3cnn(C)c34)cn2c1. The molecule has 0 atom stereocenters. The Bertz CT molecular complexity index is 1640. The molecule has 0 aliphatic rings. The van der Waals surface area contributed by atoms with E-state index in [4.69, 9.17) is 15.2 Å². The number of carbonyl (C=O) groups excluding carboxylic acids is 1. The molecule has 0 spiro atoms. The first-order valence-corrected chi connectivity index (χ1v) is 12.3. The average molecular weight is 520 g/mol. The van der Waals surface area contributed by atoms with Gasteiger partial charge in [0, 0.05) is 38.4 Å². The number of aryl methyl sites for hydroxylation is 1. The molecule has 0 saturated carbocycles. The van der Waals surface area contributed by atoms with Crippen molar-refractivity contribution in [3.05, 3.63) is 59.9 Å². The Morgan fingerprint density at radius 1 is 1.16 bits per heavy atom. The lowest BCUT2D eigenvalue weighted by atomic mass is 10.1. The molecule has 1 amide bonds. The van der Waals surface area contributed by atoms with Gasteiger partial charge in [-0.15, -0.1) is 0 Å². The van der Waals surface area contributed by atoms with Crippen LogP contribution in [-0.4, -0.2) is 61.8 Å². The maximum absolute atomic E-state index is 15.3. The van der Waals surface area contributed by atoms with E-state index in [9.17, 15) is 4.79 Å². The van der Waals surface area contributed by atoms with Crippen molar-refractivity contribution in [2.24, 2.45) is 13.0 Å². The quantitative estimate of drug-likeness (QED) is 0.295.